The van der Waals surface area contributed by atoms with Crippen LogP contribution in [-0.2, 0) is 23.6 Å². The van der Waals surface area contributed by atoms with Crippen molar-refractivity contribution in [1.29, 1.82) is 0 Å². The number of allylic oxidation sites excluding steroid dienone is 1. The zero-order valence-corrected chi connectivity index (χ0v) is 17.6. The van der Waals surface area contributed by atoms with Gasteiger partial charge in [-0.1, -0.05) is 29.8 Å². The van der Waals surface area contributed by atoms with E-state index in [9.17, 15) is 13.0 Å². The van der Waals surface area contributed by atoms with Crippen LogP contribution < -0.4 is 0 Å². The van der Waals surface area contributed by atoms with Gasteiger partial charge in [-0.25, -0.2) is 8.42 Å². The van der Waals surface area contributed by atoms with Gasteiger partial charge in [0.2, 0.25) is 0 Å². The first-order valence-electron chi connectivity index (χ1n) is 8.53. The van der Waals surface area contributed by atoms with Crippen molar-refractivity contribution in [2.45, 2.75) is 39.0 Å². The van der Waals surface area contributed by atoms with Crippen LogP contribution in [0.3, 0.4) is 0 Å². The van der Waals surface area contributed by atoms with Crippen molar-refractivity contribution >= 4 is 17.6 Å². The molecular formula is C18H28NO5PS. The molecule has 0 saturated heterocycles. The van der Waals surface area contributed by atoms with E-state index in [1.807, 2.05) is 6.92 Å². The van der Waals surface area contributed by atoms with E-state index >= 15 is 0 Å². The zero-order chi connectivity index (χ0) is 19.8. The van der Waals surface area contributed by atoms with Gasteiger partial charge in [0.25, 0.3) is 10.0 Å². The molecule has 0 bridgehead atoms. The summed E-state index contributed by atoms with van der Waals surface area (Å²) in [5, 5.41) is 0. The summed E-state index contributed by atoms with van der Waals surface area (Å²) in [4.78, 5) is 0.117. The molecule has 0 aliphatic rings. The van der Waals surface area contributed by atoms with Gasteiger partial charge in [-0.2, -0.15) is 0 Å². The molecule has 0 aliphatic carbocycles. The van der Waals surface area contributed by atoms with Gasteiger partial charge in [-0.3, -0.25) is 8.87 Å². The summed E-state index contributed by atoms with van der Waals surface area (Å²) in [5.41, 5.74) is 0.964. The zero-order valence-electron chi connectivity index (χ0n) is 15.8. The number of benzene rings is 1. The fourth-order valence-electron chi connectivity index (χ4n) is 2.35. The topological polar surface area (TPSA) is 72.9 Å². The van der Waals surface area contributed by atoms with Gasteiger partial charge in [0.05, 0.1) is 18.1 Å². The maximum atomic E-state index is 13.2. The van der Waals surface area contributed by atoms with Gasteiger partial charge in [-0.05, 0) is 46.2 Å². The summed E-state index contributed by atoms with van der Waals surface area (Å²) in [6, 6.07) is 6.51. The lowest BCUT2D eigenvalue weighted by molar-refractivity contribution is 0.220. The SMILES string of the molecule is C=CCCN(/C(=C\C)P(=O)(OCC)OCC)S(=O)(=O)c1ccc(C)cc1. The molecule has 0 saturated carbocycles. The van der Waals surface area contributed by atoms with E-state index in [0.717, 1.165) is 9.87 Å². The Balaban J connectivity index is 3.48. The standard InChI is InChI=1S/C18H28NO5PS/c1-6-10-15-19(18(7-2)25(20,23-8-3)24-9-4)26(21,22)17-13-11-16(5)12-14-17/h6-7,11-14H,1,8-10,15H2,2-5H3/b18-7+. The molecule has 0 heterocycles. The van der Waals surface area contributed by atoms with E-state index < -0.39 is 17.6 Å². The molecule has 0 atom stereocenters. The van der Waals surface area contributed by atoms with Crippen molar-refractivity contribution < 1.29 is 22.0 Å². The molecule has 0 unspecified atom stereocenters. The molecule has 26 heavy (non-hydrogen) atoms. The van der Waals surface area contributed by atoms with Crippen LogP contribution in [0, 0.1) is 6.92 Å². The van der Waals surface area contributed by atoms with E-state index in [1.54, 1.807) is 39.0 Å². The van der Waals surface area contributed by atoms with Crippen LogP contribution >= 0.6 is 7.60 Å². The Labute approximate surface area is 157 Å². The molecule has 0 amide bonds. The number of hydrogen-bond acceptors (Lipinski definition) is 5. The van der Waals surface area contributed by atoms with Crippen molar-refractivity contribution in [3.8, 4) is 0 Å². The Kier molecular flexibility index (Phi) is 8.77. The average molecular weight is 401 g/mol. The third kappa shape index (κ3) is 5.30. The van der Waals surface area contributed by atoms with Crippen molar-refractivity contribution in [1.82, 2.24) is 4.31 Å². The predicted octanol–water partition coefficient (Wildman–Crippen LogP) is 4.69. The minimum Gasteiger partial charge on any atom is -0.304 e. The summed E-state index contributed by atoms with van der Waals surface area (Å²) < 4.78 is 51.5. The molecule has 1 aromatic rings. The normalized spacial score (nSPS) is 12.8. The van der Waals surface area contributed by atoms with Gasteiger partial charge in [0, 0.05) is 6.54 Å². The molecule has 1 rings (SSSR count). The monoisotopic (exact) mass is 401 g/mol. The second-order valence-corrected chi connectivity index (χ2v) is 9.28. The highest BCUT2D eigenvalue weighted by Crippen LogP contribution is 2.58. The van der Waals surface area contributed by atoms with E-state index in [1.165, 1.54) is 18.2 Å². The smallest absolute Gasteiger partial charge is 0.304 e. The van der Waals surface area contributed by atoms with E-state index in [2.05, 4.69) is 6.58 Å². The van der Waals surface area contributed by atoms with Crippen LogP contribution in [0.2, 0.25) is 0 Å². The lowest BCUT2D eigenvalue weighted by Crippen LogP contribution is -2.32. The maximum Gasteiger partial charge on any atom is 0.377 e. The lowest BCUT2D eigenvalue weighted by Gasteiger charge is -2.30. The van der Waals surface area contributed by atoms with Crippen LogP contribution in [-0.4, -0.2) is 32.5 Å². The first kappa shape index (κ1) is 22.6. The minimum absolute atomic E-state index is 0.0172. The highest BCUT2D eigenvalue weighted by atomic mass is 32.2. The minimum atomic E-state index is -3.94. The second-order valence-electron chi connectivity index (χ2n) is 5.45. The fourth-order valence-corrected chi connectivity index (χ4v) is 6.11. The fraction of sp³-hybridized carbons (Fsp3) is 0.444. The number of aryl methyl sites for hydroxylation is 1. The van der Waals surface area contributed by atoms with Gasteiger partial charge in [0.15, 0.2) is 0 Å². The van der Waals surface area contributed by atoms with Gasteiger partial charge >= 0.3 is 7.60 Å². The molecule has 0 aromatic heterocycles. The first-order valence-corrected chi connectivity index (χ1v) is 11.5. The molecule has 8 heteroatoms. The van der Waals surface area contributed by atoms with Crippen LogP contribution in [0.4, 0.5) is 0 Å². The molecule has 0 N–H and O–H groups in total. The summed E-state index contributed by atoms with van der Waals surface area (Å²) in [6.07, 6.45) is 3.47. The van der Waals surface area contributed by atoms with Gasteiger partial charge in [0.1, 0.15) is 5.44 Å². The van der Waals surface area contributed by atoms with Crippen LogP contribution in [0.5, 0.6) is 0 Å². The first-order chi connectivity index (χ1) is 12.3. The van der Waals surface area contributed by atoms with Crippen molar-refractivity contribution in [3.05, 3.63) is 54.0 Å². The van der Waals surface area contributed by atoms with Crippen molar-refractivity contribution in [3.63, 3.8) is 0 Å². The van der Waals surface area contributed by atoms with Crippen LogP contribution in [0.25, 0.3) is 0 Å². The van der Waals surface area contributed by atoms with Gasteiger partial charge in [-0.15, -0.1) is 6.58 Å². The third-order valence-electron chi connectivity index (χ3n) is 3.54. The number of sulfonamides is 1. The summed E-state index contributed by atoms with van der Waals surface area (Å²) in [6.45, 7) is 10.9. The van der Waals surface area contributed by atoms with E-state index in [4.69, 9.17) is 9.05 Å². The summed E-state index contributed by atoms with van der Waals surface area (Å²) >= 11 is 0. The molecule has 0 spiro atoms. The Morgan fingerprint density at radius 1 is 1.19 bits per heavy atom. The Hall–Kier alpha value is -1.40. The highest BCUT2D eigenvalue weighted by molar-refractivity contribution is 7.89. The average Bonchev–Trinajstić information content (AvgIpc) is 2.59. The molecule has 146 valence electrons. The lowest BCUT2D eigenvalue weighted by atomic mass is 10.2. The van der Waals surface area contributed by atoms with Crippen LogP contribution in [0.1, 0.15) is 32.8 Å². The molecule has 1 aromatic carbocycles. The van der Waals surface area contributed by atoms with Crippen molar-refractivity contribution in [2.75, 3.05) is 19.8 Å². The molecule has 0 aliphatic heterocycles. The number of rotatable bonds is 11. The van der Waals surface area contributed by atoms with Crippen molar-refractivity contribution in [2.24, 2.45) is 0 Å². The highest BCUT2D eigenvalue weighted by Gasteiger charge is 2.38. The van der Waals surface area contributed by atoms with E-state index in [0.29, 0.717) is 6.42 Å². The molecular weight excluding hydrogens is 373 g/mol. The summed E-state index contributed by atoms with van der Waals surface area (Å²) in [7, 11) is -7.71. The predicted molar refractivity (Wildman–Crippen MR) is 105 cm³/mol. The number of hydrogen-bond donors (Lipinski definition) is 0. The van der Waals surface area contributed by atoms with E-state index in [-0.39, 0.29) is 30.1 Å². The Bertz CT molecular complexity index is 761. The second kappa shape index (κ2) is 10.1. The van der Waals surface area contributed by atoms with Crippen LogP contribution in [0.15, 0.2) is 53.3 Å². The Morgan fingerprint density at radius 3 is 2.15 bits per heavy atom. The molecule has 0 fully saturated rings. The number of nitrogens with zero attached hydrogens (tertiary/aromatic N) is 1. The quantitative estimate of drug-likeness (QED) is 0.397. The molecule has 6 nitrogen and oxygen atoms in total. The maximum absolute atomic E-state index is 13.2. The summed E-state index contributed by atoms with van der Waals surface area (Å²) in [5.74, 6) is 0. The van der Waals surface area contributed by atoms with Gasteiger partial charge < -0.3 is 9.05 Å². The molecule has 0 radical (unpaired) electrons. The third-order valence-corrected chi connectivity index (χ3v) is 7.76. The largest absolute Gasteiger partial charge is 0.377 e. The Morgan fingerprint density at radius 2 is 1.73 bits per heavy atom.